The number of hydrogen-bond donors (Lipinski definition) is 0. The Hall–Kier alpha value is -2.60. The molecule has 25 heavy (non-hydrogen) atoms. The molecule has 130 valence electrons. The summed E-state index contributed by atoms with van der Waals surface area (Å²) in [6.45, 7) is 2.67. The zero-order valence-corrected chi connectivity index (χ0v) is 13.9. The SMILES string of the molecule is O=[N+]([O-])c1ccccc1CN1CCCC1c1ccc2c(c1)OCCO2. The lowest BCUT2D eigenvalue weighted by atomic mass is 10.0. The van der Waals surface area contributed by atoms with Crippen molar-refractivity contribution in [2.45, 2.75) is 25.4 Å². The Labute approximate surface area is 146 Å². The maximum Gasteiger partial charge on any atom is 0.273 e. The second-order valence-electron chi connectivity index (χ2n) is 6.42. The summed E-state index contributed by atoms with van der Waals surface area (Å²) < 4.78 is 11.3. The zero-order valence-electron chi connectivity index (χ0n) is 13.9. The Morgan fingerprint density at radius 3 is 2.76 bits per heavy atom. The standard InChI is InChI=1S/C19H20N2O4/c22-21(23)17-5-2-1-4-15(17)13-20-9-3-6-16(20)14-7-8-18-19(12-14)25-11-10-24-18/h1-2,4-5,7-8,12,16H,3,6,9-11,13H2. The number of nitro groups is 1. The van der Waals surface area contributed by atoms with E-state index >= 15 is 0 Å². The van der Waals surface area contributed by atoms with E-state index < -0.39 is 0 Å². The summed E-state index contributed by atoms with van der Waals surface area (Å²) in [5.41, 5.74) is 2.13. The van der Waals surface area contributed by atoms with E-state index in [1.807, 2.05) is 18.2 Å². The molecule has 0 aliphatic carbocycles. The van der Waals surface area contributed by atoms with Crippen molar-refractivity contribution in [1.29, 1.82) is 0 Å². The molecule has 0 saturated carbocycles. The second kappa shape index (κ2) is 6.72. The molecule has 2 aromatic rings. The Kier molecular flexibility index (Phi) is 4.28. The van der Waals surface area contributed by atoms with E-state index in [1.165, 1.54) is 5.56 Å². The highest BCUT2D eigenvalue weighted by Gasteiger charge is 2.29. The average Bonchev–Trinajstić information content (AvgIpc) is 3.10. The monoisotopic (exact) mass is 340 g/mol. The molecule has 2 aliphatic heterocycles. The molecule has 1 unspecified atom stereocenters. The van der Waals surface area contributed by atoms with Gasteiger partial charge in [-0.2, -0.15) is 0 Å². The van der Waals surface area contributed by atoms with Crippen LogP contribution in [0.1, 0.15) is 30.0 Å². The normalized spacial score (nSPS) is 19.8. The van der Waals surface area contributed by atoms with E-state index in [-0.39, 0.29) is 16.7 Å². The fourth-order valence-corrected chi connectivity index (χ4v) is 3.70. The van der Waals surface area contributed by atoms with Crippen molar-refractivity contribution < 1.29 is 14.4 Å². The molecule has 2 heterocycles. The van der Waals surface area contributed by atoms with Crippen LogP contribution >= 0.6 is 0 Å². The molecule has 2 aliphatic rings. The number of hydrogen-bond acceptors (Lipinski definition) is 5. The van der Waals surface area contributed by atoms with Gasteiger partial charge in [0.15, 0.2) is 11.5 Å². The maximum atomic E-state index is 11.3. The third-order valence-corrected chi connectivity index (χ3v) is 4.88. The van der Waals surface area contributed by atoms with Crippen LogP contribution in [-0.2, 0) is 6.54 Å². The molecule has 6 heteroatoms. The number of benzene rings is 2. The van der Waals surface area contributed by atoms with E-state index in [2.05, 4.69) is 17.0 Å². The first-order chi connectivity index (χ1) is 12.2. The average molecular weight is 340 g/mol. The van der Waals surface area contributed by atoms with Crippen LogP contribution < -0.4 is 9.47 Å². The molecule has 0 aromatic heterocycles. The van der Waals surface area contributed by atoms with Crippen LogP contribution in [0.25, 0.3) is 0 Å². The largest absolute Gasteiger partial charge is 0.486 e. The molecule has 1 atom stereocenters. The minimum Gasteiger partial charge on any atom is -0.486 e. The van der Waals surface area contributed by atoms with Gasteiger partial charge < -0.3 is 9.47 Å². The maximum absolute atomic E-state index is 11.3. The molecule has 6 nitrogen and oxygen atoms in total. The van der Waals surface area contributed by atoms with Gasteiger partial charge in [-0.3, -0.25) is 15.0 Å². The van der Waals surface area contributed by atoms with Gasteiger partial charge in [0.2, 0.25) is 0 Å². The Balaban J connectivity index is 1.58. The van der Waals surface area contributed by atoms with Gasteiger partial charge in [-0.15, -0.1) is 0 Å². The van der Waals surface area contributed by atoms with Crippen LogP contribution in [0.2, 0.25) is 0 Å². The predicted octanol–water partition coefficient (Wildman–Crippen LogP) is 3.70. The number of para-hydroxylation sites is 1. The van der Waals surface area contributed by atoms with E-state index in [0.717, 1.165) is 36.4 Å². The molecule has 2 aromatic carbocycles. The topological polar surface area (TPSA) is 64.8 Å². The number of ether oxygens (including phenoxy) is 2. The van der Waals surface area contributed by atoms with Crippen LogP contribution in [0.15, 0.2) is 42.5 Å². The van der Waals surface area contributed by atoms with Gasteiger partial charge in [0, 0.05) is 24.2 Å². The molecule has 1 fully saturated rings. The van der Waals surface area contributed by atoms with Gasteiger partial charge in [-0.25, -0.2) is 0 Å². The first kappa shape index (κ1) is 15.9. The summed E-state index contributed by atoms with van der Waals surface area (Å²) in [6.07, 6.45) is 2.13. The number of rotatable bonds is 4. The van der Waals surface area contributed by atoms with Crippen LogP contribution in [0.5, 0.6) is 11.5 Å². The van der Waals surface area contributed by atoms with Gasteiger partial charge in [-0.05, 0) is 37.1 Å². The molecule has 0 radical (unpaired) electrons. The Morgan fingerprint density at radius 1 is 1.12 bits per heavy atom. The van der Waals surface area contributed by atoms with Crippen molar-refractivity contribution in [3.8, 4) is 11.5 Å². The van der Waals surface area contributed by atoms with Gasteiger partial charge in [0.05, 0.1) is 4.92 Å². The fourth-order valence-electron chi connectivity index (χ4n) is 3.70. The Bertz CT molecular complexity index is 793. The highest BCUT2D eigenvalue weighted by atomic mass is 16.6. The third kappa shape index (κ3) is 3.17. The number of fused-ring (bicyclic) bond motifs is 1. The van der Waals surface area contributed by atoms with Crippen molar-refractivity contribution in [3.05, 3.63) is 63.7 Å². The predicted molar refractivity (Wildman–Crippen MR) is 92.9 cm³/mol. The number of likely N-dealkylation sites (tertiary alicyclic amines) is 1. The Morgan fingerprint density at radius 2 is 1.92 bits per heavy atom. The second-order valence-corrected chi connectivity index (χ2v) is 6.42. The smallest absolute Gasteiger partial charge is 0.273 e. The lowest BCUT2D eigenvalue weighted by molar-refractivity contribution is -0.385. The fraction of sp³-hybridized carbons (Fsp3) is 0.368. The highest BCUT2D eigenvalue weighted by Crippen LogP contribution is 2.39. The summed E-state index contributed by atoms with van der Waals surface area (Å²) in [5.74, 6) is 1.58. The lowest BCUT2D eigenvalue weighted by Gasteiger charge is -2.26. The number of nitro benzene ring substituents is 1. The molecule has 0 N–H and O–H groups in total. The molecule has 4 rings (SSSR count). The molecule has 1 saturated heterocycles. The molecular formula is C19H20N2O4. The molecule has 0 spiro atoms. The van der Waals surface area contributed by atoms with Crippen LogP contribution in [-0.4, -0.2) is 29.6 Å². The summed E-state index contributed by atoms with van der Waals surface area (Å²) in [7, 11) is 0. The van der Waals surface area contributed by atoms with Crippen molar-refractivity contribution in [2.75, 3.05) is 19.8 Å². The summed E-state index contributed by atoms with van der Waals surface area (Å²) in [5, 5.41) is 11.3. The van der Waals surface area contributed by atoms with Crippen LogP contribution in [0.4, 0.5) is 5.69 Å². The van der Waals surface area contributed by atoms with Gasteiger partial charge in [-0.1, -0.05) is 24.3 Å². The van der Waals surface area contributed by atoms with Gasteiger partial charge in [0.25, 0.3) is 5.69 Å². The van der Waals surface area contributed by atoms with Gasteiger partial charge in [0.1, 0.15) is 13.2 Å². The quantitative estimate of drug-likeness (QED) is 0.627. The van der Waals surface area contributed by atoms with Crippen molar-refractivity contribution in [3.63, 3.8) is 0 Å². The zero-order chi connectivity index (χ0) is 17.2. The van der Waals surface area contributed by atoms with E-state index in [1.54, 1.807) is 12.1 Å². The van der Waals surface area contributed by atoms with Crippen molar-refractivity contribution in [1.82, 2.24) is 4.90 Å². The van der Waals surface area contributed by atoms with Crippen molar-refractivity contribution >= 4 is 5.69 Å². The summed E-state index contributed by atoms with van der Waals surface area (Å²) in [6, 6.07) is 13.3. The van der Waals surface area contributed by atoms with E-state index in [9.17, 15) is 10.1 Å². The third-order valence-electron chi connectivity index (χ3n) is 4.88. The van der Waals surface area contributed by atoms with Crippen molar-refractivity contribution in [2.24, 2.45) is 0 Å². The highest BCUT2D eigenvalue weighted by molar-refractivity contribution is 5.45. The summed E-state index contributed by atoms with van der Waals surface area (Å²) in [4.78, 5) is 13.3. The van der Waals surface area contributed by atoms with Gasteiger partial charge >= 0.3 is 0 Å². The summed E-state index contributed by atoms with van der Waals surface area (Å²) >= 11 is 0. The van der Waals surface area contributed by atoms with Crippen LogP contribution in [0, 0.1) is 10.1 Å². The molecule has 0 bridgehead atoms. The van der Waals surface area contributed by atoms with E-state index in [0.29, 0.717) is 19.8 Å². The molecule has 0 amide bonds. The molecular weight excluding hydrogens is 320 g/mol. The first-order valence-corrected chi connectivity index (χ1v) is 8.58. The minimum absolute atomic E-state index is 0.190. The van der Waals surface area contributed by atoms with Crippen LogP contribution in [0.3, 0.4) is 0 Å². The van der Waals surface area contributed by atoms with E-state index in [4.69, 9.17) is 9.47 Å². The lowest BCUT2D eigenvalue weighted by Crippen LogP contribution is -2.23. The minimum atomic E-state index is -0.301. The number of nitrogens with zero attached hydrogens (tertiary/aromatic N) is 2. The first-order valence-electron chi connectivity index (χ1n) is 8.58.